The predicted octanol–water partition coefficient (Wildman–Crippen LogP) is 3.99. The van der Waals surface area contributed by atoms with Gasteiger partial charge in [0.1, 0.15) is 11.6 Å². The van der Waals surface area contributed by atoms with E-state index in [0.717, 1.165) is 17.2 Å². The van der Waals surface area contributed by atoms with Crippen LogP contribution in [0.1, 0.15) is 31.2 Å². The van der Waals surface area contributed by atoms with E-state index in [1.54, 1.807) is 13.3 Å². The van der Waals surface area contributed by atoms with E-state index in [-0.39, 0.29) is 11.8 Å². The standard InChI is InChI=1S/C20H21N3O2/c1-14(16-7-5-4-6-8-16)20-21-11-12-23(20)18-13-17(22-15(2)24)9-10-19(18)25-3/h4-14H,1-3H3,(H,22,24)/t14-/m1/s1. The first-order valence-electron chi connectivity index (χ1n) is 8.14. The van der Waals surface area contributed by atoms with Gasteiger partial charge in [-0.1, -0.05) is 37.3 Å². The maximum absolute atomic E-state index is 11.4. The monoisotopic (exact) mass is 335 g/mol. The zero-order valence-corrected chi connectivity index (χ0v) is 14.6. The number of carbonyl (C=O) groups excluding carboxylic acids is 1. The van der Waals surface area contributed by atoms with Crippen molar-refractivity contribution in [3.05, 3.63) is 72.3 Å². The van der Waals surface area contributed by atoms with Crippen LogP contribution in [0.2, 0.25) is 0 Å². The van der Waals surface area contributed by atoms with Gasteiger partial charge in [-0.25, -0.2) is 4.98 Å². The van der Waals surface area contributed by atoms with Crippen LogP contribution < -0.4 is 10.1 Å². The highest BCUT2D eigenvalue weighted by Gasteiger charge is 2.17. The number of nitrogens with one attached hydrogen (secondary N) is 1. The molecular formula is C20H21N3O2. The van der Waals surface area contributed by atoms with E-state index in [1.807, 2.05) is 47.2 Å². The van der Waals surface area contributed by atoms with Gasteiger partial charge in [-0.2, -0.15) is 0 Å². The van der Waals surface area contributed by atoms with E-state index in [4.69, 9.17) is 4.74 Å². The van der Waals surface area contributed by atoms with E-state index in [9.17, 15) is 4.79 Å². The fourth-order valence-electron chi connectivity index (χ4n) is 2.89. The topological polar surface area (TPSA) is 56.1 Å². The molecule has 0 bridgehead atoms. The largest absolute Gasteiger partial charge is 0.495 e. The number of imidazole rings is 1. The molecule has 25 heavy (non-hydrogen) atoms. The Balaban J connectivity index is 2.06. The Kier molecular flexibility index (Phi) is 4.84. The van der Waals surface area contributed by atoms with E-state index in [1.165, 1.54) is 12.5 Å². The molecule has 0 saturated carbocycles. The number of carbonyl (C=O) groups is 1. The van der Waals surface area contributed by atoms with Gasteiger partial charge in [-0.15, -0.1) is 0 Å². The highest BCUT2D eigenvalue weighted by molar-refractivity contribution is 5.89. The first kappa shape index (κ1) is 16.8. The fraction of sp³-hybridized carbons (Fsp3) is 0.200. The van der Waals surface area contributed by atoms with Crippen molar-refractivity contribution in [3.63, 3.8) is 0 Å². The molecule has 0 unspecified atom stereocenters. The minimum Gasteiger partial charge on any atom is -0.495 e. The van der Waals surface area contributed by atoms with Crippen LogP contribution in [0.3, 0.4) is 0 Å². The first-order valence-corrected chi connectivity index (χ1v) is 8.14. The van der Waals surface area contributed by atoms with Crippen molar-refractivity contribution in [2.24, 2.45) is 0 Å². The van der Waals surface area contributed by atoms with Gasteiger partial charge < -0.3 is 10.1 Å². The van der Waals surface area contributed by atoms with Crippen molar-refractivity contribution in [3.8, 4) is 11.4 Å². The Bertz CT molecular complexity index is 872. The summed E-state index contributed by atoms with van der Waals surface area (Å²) in [6.45, 7) is 3.61. The average Bonchev–Trinajstić information content (AvgIpc) is 3.10. The second-order valence-corrected chi connectivity index (χ2v) is 5.86. The number of nitrogens with zero attached hydrogens (tertiary/aromatic N) is 2. The van der Waals surface area contributed by atoms with Crippen molar-refractivity contribution in [1.82, 2.24) is 9.55 Å². The molecule has 0 aliphatic carbocycles. The summed E-state index contributed by atoms with van der Waals surface area (Å²) in [5, 5.41) is 2.81. The molecule has 128 valence electrons. The number of amides is 1. The molecular weight excluding hydrogens is 314 g/mol. The number of aromatic nitrogens is 2. The number of benzene rings is 2. The molecule has 1 aromatic heterocycles. The summed E-state index contributed by atoms with van der Waals surface area (Å²) in [5.41, 5.74) is 2.74. The third-order valence-corrected chi connectivity index (χ3v) is 4.11. The van der Waals surface area contributed by atoms with Gasteiger partial charge in [0.2, 0.25) is 5.91 Å². The van der Waals surface area contributed by atoms with Crippen molar-refractivity contribution in [1.29, 1.82) is 0 Å². The van der Waals surface area contributed by atoms with E-state index >= 15 is 0 Å². The Morgan fingerprint density at radius 3 is 2.64 bits per heavy atom. The molecule has 3 aromatic rings. The lowest BCUT2D eigenvalue weighted by molar-refractivity contribution is -0.114. The average molecular weight is 335 g/mol. The molecule has 2 aromatic carbocycles. The molecule has 5 nitrogen and oxygen atoms in total. The van der Waals surface area contributed by atoms with Crippen molar-refractivity contribution < 1.29 is 9.53 Å². The van der Waals surface area contributed by atoms with Gasteiger partial charge in [0, 0.05) is 30.9 Å². The van der Waals surface area contributed by atoms with E-state index in [2.05, 4.69) is 29.4 Å². The van der Waals surface area contributed by atoms with Gasteiger partial charge >= 0.3 is 0 Å². The van der Waals surface area contributed by atoms with Crippen LogP contribution >= 0.6 is 0 Å². The summed E-state index contributed by atoms with van der Waals surface area (Å²) >= 11 is 0. The molecule has 0 aliphatic heterocycles. The maximum atomic E-state index is 11.4. The molecule has 1 atom stereocenters. The van der Waals surface area contributed by atoms with Gasteiger partial charge in [0.15, 0.2) is 0 Å². The lowest BCUT2D eigenvalue weighted by Gasteiger charge is -2.17. The SMILES string of the molecule is COc1ccc(NC(C)=O)cc1-n1ccnc1[C@H](C)c1ccccc1. The highest BCUT2D eigenvalue weighted by Crippen LogP contribution is 2.31. The van der Waals surface area contributed by atoms with Gasteiger partial charge in [-0.3, -0.25) is 9.36 Å². The number of anilines is 1. The quantitative estimate of drug-likeness (QED) is 0.767. The predicted molar refractivity (Wildman–Crippen MR) is 98.4 cm³/mol. The van der Waals surface area contributed by atoms with Crippen LogP contribution in [0.5, 0.6) is 5.75 Å². The Labute approximate surface area is 147 Å². The summed E-state index contributed by atoms with van der Waals surface area (Å²) < 4.78 is 7.51. The smallest absolute Gasteiger partial charge is 0.221 e. The Morgan fingerprint density at radius 1 is 1.20 bits per heavy atom. The molecule has 0 radical (unpaired) electrons. The summed E-state index contributed by atoms with van der Waals surface area (Å²) in [7, 11) is 1.63. The van der Waals surface area contributed by atoms with E-state index < -0.39 is 0 Å². The lowest BCUT2D eigenvalue weighted by Crippen LogP contribution is -2.09. The van der Waals surface area contributed by atoms with Crippen molar-refractivity contribution in [2.75, 3.05) is 12.4 Å². The molecule has 0 saturated heterocycles. The van der Waals surface area contributed by atoms with Crippen LogP contribution in [0.15, 0.2) is 60.9 Å². The number of hydrogen-bond donors (Lipinski definition) is 1. The molecule has 0 aliphatic rings. The van der Waals surface area contributed by atoms with Gasteiger partial charge in [0.05, 0.1) is 12.8 Å². The third-order valence-electron chi connectivity index (χ3n) is 4.11. The third kappa shape index (κ3) is 3.55. The van der Waals surface area contributed by atoms with E-state index in [0.29, 0.717) is 5.75 Å². The van der Waals surface area contributed by atoms with Crippen molar-refractivity contribution >= 4 is 11.6 Å². The molecule has 0 spiro atoms. The molecule has 5 heteroatoms. The normalized spacial score (nSPS) is 11.8. The van der Waals surface area contributed by atoms with Gasteiger partial charge in [-0.05, 0) is 23.8 Å². The highest BCUT2D eigenvalue weighted by atomic mass is 16.5. The number of methoxy groups -OCH3 is 1. The molecule has 1 heterocycles. The molecule has 1 amide bonds. The lowest BCUT2D eigenvalue weighted by atomic mass is 10.0. The van der Waals surface area contributed by atoms with Crippen LogP contribution in [-0.4, -0.2) is 22.6 Å². The summed E-state index contributed by atoms with van der Waals surface area (Å²) in [6, 6.07) is 15.8. The second kappa shape index (κ2) is 7.21. The zero-order valence-electron chi connectivity index (χ0n) is 14.6. The second-order valence-electron chi connectivity index (χ2n) is 5.86. The minimum atomic E-state index is -0.111. The number of hydrogen-bond acceptors (Lipinski definition) is 3. The van der Waals surface area contributed by atoms with Crippen LogP contribution in [-0.2, 0) is 4.79 Å². The Morgan fingerprint density at radius 2 is 1.96 bits per heavy atom. The fourth-order valence-corrected chi connectivity index (χ4v) is 2.89. The maximum Gasteiger partial charge on any atom is 0.221 e. The summed E-state index contributed by atoms with van der Waals surface area (Å²) in [4.78, 5) is 15.9. The molecule has 1 N–H and O–H groups in total. The van der Waals surface area contributed by atoms with Crippen molar-refractivity contribution in [2.45, 2.75) is 19.8 Å². The van der Waals surface area contributed by atoms with Gasteiger partial charge in [0.25, 0.3) is 0 Å². The molecule has 3 rings (SSSR count). The summed E-state index contributed by atoms with van der Waals surface area (Å²) in [5.74, 6) is 1.63. The van der Waals surface area contributed by atoms with Crippen LogP contribution in [0, 0.1) is 0 Å². The first-order chi connectivity index (χ1) is 12.1. The zero-order chi connectivity index (χ0) is 17.8. The summed E-state index contributed by atoms with van der Waals surface area (Å²) in [6.07, 6.45) is 3.68. The van der Waals surface area contributed by atoms with Crippen LogP contribution in [0.25, 0.3) is 5.69 Å². The molecule has 0 fully saturated rings. The number of rotatable bonds is 5. The van der Waals surface area contributed by atoms with Crippen LogP contribution in [0.4, 0.5) is 5.69 Å². The minimum absolute atomic E-state index is 0.111. The Hall–Kier alpha value is -3.08. The number of ether oxygens (including phenoxy) is 1.